The summed E-state index contributed by atoms with van der Waals surface area (Å²) in [7, 11) is 0. The highest BCUT2D eigenvalue weighted by Gasteiger charge is 2.43. The molecule has 0 unspecified atom stereocenters. The molecule has 9 heteroatoms. The number of aliphatic hydroxyl groups is 1. The lowest BCUT2D eigenvalue weighted by molar-refractivity contribution is -0.385. The quantitative estimate of drug-likeness (QED) is 0.185. The number of ether oxygens (including phenoxy) is 3. The van der Waals surface area contributed by atoms with Crippen LogP contribution in [0.3, 0.4) is 0 Å². The first-order chi connectivity index (χ1) is 15.8. The van der Waals surface area contributed by atoms with Gasteiger partial charge in [-0.3, -0.25) is 10.1 Å². The van der Waals surface area contributed by atoms with E-state index < -0.39 is 22.7 Å². The smallest absolute Gasteiger partial charge is 0.270 e. The molecular formula is C24H26N2O7. The van der Waals surface area contributed by atoms with Crippen LogP contribution in [0, 0.1) is 10.1 Å². The molecule has 1 aliphatic heterocycles. The molecule has 9 nitrogen and oxygen atoms in total. The zero-order valence-electron chi connectivity index (χ0n) is 18.4. The number of non-ortho nitro benzene ring substituents is 1. The van der Waals surface area contributed by atoms with E-state index in [1.807, 2.05) is 30.3 Å². The molecule has 0 amide bonds. The molecule has 3 rings (SSSR count). The fourth-order valence-electron chi connectivity index (χ4n) is 3.43. The predicted octanol–water partition coefficient (Wildman–Crippen LogP) is 3.22. The fraction of sp³-hybridized carbons (Fsp3) is 0.333. The summed E-state index contributed by atoms with van der Waals surface area (Å²) in [6.45, 7) is 3.95. The molecule has 2 N–H and O–H groups in total. The van der Waals surface area contributed by atoms with Gasteiger partial charge in [0.1, 0.15) is 48.6 Å². The molecule has 2 aromatic rings. The molecule has 2 atom stereocenters. The second-order valence-electron chi connectivity index (χ2n) is 8.00. The fourth-order valence-corrected chi connectivity index (χ4v) is 3.43. The number of nitro benzene ring substituents is 1. The van der Waals surface area contributed by atoms with Crippen molar-refractivity contribution in [1.82, 2.24) is 5.32 Å². The Hall–Kier alpha value is -3.65. The van der Waals surface area contributed by atoms with Crippen LogP contribution < -0.4 is 10.1 Å². The number of rotatable bonds is 10. The van der Waals surface area contributed by atoms with Crippen LogP contribution in [0.25, 0.3) is 0 Å². The average molecular weight is 454 g/mol. The minimum atomic E-state index is -0.999. The minimum Gasteiger partial charge on any atom is -0.493 e. The number of hydrogen-bond donors (Lipinski definition) is 2. The summed E-state index contributed by atoms with van der Waals surface area (Å²) < 4.78 is 17.1. The summed E-state index contributed by atoms with van der Waals surface area (Å²) in [6.07, 6.45) is 1.58. The summed E-state index contributed by atoms with van der Waals surface area (Å²) >= 11 is 0. The summed E-state index contributed by atoms with van der Waals surface area (Å²) in [5, 5.41) is 25.4. The van der Waals surface area contributed by atoms with Crippen molar-refractivity contribution in [3.05, 3.63) is 87.9 Å². The van der Waals surface area contributed by atoms with Crippen molar-refractivity contribution in [3.63, 3.8) is 0 Å². The molecular weight excluding hydrogens is 428 g/mol. The van der Waals surface area contributed by atoms with Crippen molar-refractivity contribution in [2.75, 3.05) is 13.2 Å². The highest BCUT2D eigenvalue weighted by molar-refractivity contribution is 5.48. The summed E-state index contributed by atoms with van der Waals surface area (Å²) in [4.78, 5) is 21.1. The standard InChI is InChI=1S/C24H26N2O7/c1-24(2)23(28)22(20-13-18(26(29)30)9-10-21(20)33-24)25-14-19(16-31-12-6-11-27)32-15-17-7-4-3-5-8-17/h3-10,13,16,22-23,25,28H,12,14-15H2,1-2H3/t22-,23+/m0/s1. The third-order valence-electron chi connectivity index (χ3n) is 5.18. The zero-order chi connectivity index (χ0) is 23.8. The number of benzene rings is 2. The number of fused-ring (bicyclic) bond motifs is 1. The Morgan fingerprint density at radius 3 is 2.76 bits per heavy atom. The van der Waals surface area contributed by atoms with Crippen molar-refractivity contribution < 1.29 is 29.0 Å². The largest absolute Gasteiger partial charge is 0.493 e. The monoisotopic (exact) mass is 454 g/mol. The Labute approximate surface area is 191 Å². The lowest BCUT2D eigenvalue weighted by Gasteiger charge is -2.42. The number of carbonyl (C=O) groups excluding carboxylic acids is 1. The van der Waals surface area contributed by atoms with E-state index in [2.05, 4.69) is 5.32 Å². The van der Waals surface area contributed by atoms with Gasteiger partial charge in [0.25, 0.3) is 5.69 Å². The molecule has 0 bridgehead atoms. The van der Waals surface area contributed by atoms with Gasteiger partial charge in [-0.1, -0.05) is 30.3 Å². The number of nitrogens with zero attached hydrogens (tertiary/aromatic N) is 1. The Morgan fingerprint density at radius 2 is 2.06 bits per heavy atom. The van der Waals surface area contributed by atoms with Crippen LogP contribution in [0.1, 0.15) is 31.0 Å². The van der Waals surface area contributed by atoms with Crippen molar-refractivity contribution >= 4 is 11.6 Å². The third-order valence-corrected chi connectivity index (χ3v) is 5.18. The first kappa shape index (κ1) is 24.0. The molecule has 0 spiro atoms. The maximum Gasteiger partial charge on any atom is 0.270 e. The van der Waals surface area contributed by atoms with E-state index in [1.165, 1.54) is 30.5 Å². The number of aliphatic hydroxyl groups excluding tert-OH is 1. The maximum atomic E-state index is 11.3. The van der Waals surface area contributed by atoms with E-state index in [9.17, 15) is 20.0 Å². The van der Waals surface area contributed by atoms with Crippen LogP contribution in [0.2, 0.25) is 0 Å². The molecule has 1 aliphatic rings. The van der Waals surface area contributed by atoms with Gasteiger partial charge in [-0.2, -0.15) is 0 Å². The van der Waals surface area contributed by atoms with Gasteiger partial charge in [0.2, 0.25) is 0 Å². The van der Waals surface area contributed by atoms with Gasteiger partial charge in [0, 0.05) is 23.8 Å². The van der Waals surface area contributed by atoms with Gasteiger partial charge in [-0.25, -0.2) is 4.79 Å². The van der Waals surface area contributed by atoms with Gasteiger partial charge >= 0.3 is 0 Å². The third kappa shape index (κ3) is 6.20. The second kappa shape index (κ2) is 10.8. The van der Waals surface area contributed by atoms with E-state index in [0.29, 0.717) is 17.1 Å². The van der Waals surface area contributed by atoms with Crippen LogP contribution in [0.15, 0.2) is 66.6 Å². The Balaban J connectivity index is 1.80. The van der Waals surface area contributed by atoms with Gasteiger partial charge in [-0.15, -0.1) is 0 Å². The molecule has 0 aromatic heterocycles. The van der Waals surface area contributed by atoms with Crippen LogP contribution in [-0.2, 0) is 20.9 Å². The maximum absolute atomic E-state index is 11.3. The SMILES string of the molecule is CC1(C)Oc2ccc([N+](=O)[O-])cc2[C@H](NCC(=COCC=C=O)OCc2ccccc2)[C@H]1O. The highest BCUT2D eigenvalue weighted by Crippen LogP contribution is 2.41. The molecule has 33 heavy (non-hydrogen) atoms. The van der Waals surface area contributed by atoms with Crippen molar-refractivity contribution in [3.8, 4) is 5.75 Å². The number of nitrogens with one attached hydrogen (secondary N) is 1. The molecule has 0 saturated heterocycles. The van der Waals surface area contributed by atoms with E-state index in [4.69, 9.17) is 14.2 Å². The van der Waals surface area contributed by atoms with Crippen LogP contribution in [0.4, 0.5) is 5.69 Å². The number of nitro groups is 1. The highest BCUT2D eigenvalue weighted by atomic mass is 16.6. The van der Waals surface area contributed by atoms with Crippen LogP contribution >= 0.6 is 0 Å². The normalized spacial score (nSPS) is 18.9. The average Bonchev–Trinajstić information content (AvgIpc) is 2.80. The first-order valence-corrected chi connectivity index (χ1v) is 10.4. The Morgan fingerprint density at radius 1 is 1.30 bits per heavy atom. The topological polar surface area (TPSA) is 120 Å². The molecule has 174 valence electrons. The summed E-state index contributed by atoms with van der Waals surface area (Å²) in [5.74, 6) is 2.51. The molecule has 2 aromatic carbocycles. The van der Waals surface area contributed by atoms with Gasteiger partial charge < -0.3 is 24.6 Å². The Bertz CT molecular complexity index is 1050. The summed E-state index contributed by atoms with van der Waals surface area (Å²) in [5.41, 5.74) is 0.393. The molecule has 0 fully saturated rings. The van der Waals surface area contributed by atoms with E-state index >= 15 is 0 Å². The Kier molecular flexibility index (Phi) is 7.84. The molecule has 0 aliphatic carbocycles. The lowest BCUT2D eigenvalue weighted by Crippen LogP contribution is -2.52. The number of hydrogen-bond acceptors (Lipinski definition) is 8. The lowest BCUT2D eigenvalue weighted by atomic mass is 9.86. The van der Waals surface area contributed by atoms with Crippen LogP contribution in [0.5, 0.6) is 5.75 Å². The first-order valence-electron chi connectivity index (χ1n) is 10.4. The predicted molar refractivity (Wildman–Crippen MR) is 120 cm³/mol. The second-order valence-corrected chi connectivity index (χ2v) is 8.00. The van der Waals surface area contributed by atoms with Crippen molar-refractivity contribution in [2.24, 2.45) is 0 Å². The zero-order valence-corrected chi connectivity index (χ0v) is 18.4. The van der Waals surface area contributed by atoms with E-state index in [1.54, 1.807) is 19.8 Å². The molecule has 0 radical (unpaired) electrons. The summed E-state index contributed by atoms with van der Waals surface area (Å²) in [6, 6.07) is 13.2. The van der Waals surface area contributed by atoms with Crippen LogP contribution in [-0.4, -0.2) is 40.8 Å². The van der Waals surface area contributed by atoms with E-state index in [0.717, 1.165) is 5.56 Å². The van der Waals surface area contributed by atoms with E-state index in [-0.39, 0.29) is 25.4 Å². The van der Waals surface area contributed by atoms with Gasteiger partial charge in [0.15, 0.2) is 0 Å². The van der Waals surface area contributed by atoms with Gasteiger partial charge in [0.05, 0.1) is 17.5 Å². The molecule has 1 heterocycles. The van der Waals surface area contributed by atoms with Gasteiger partial charge in [-0.05, 0) is 25.5 Å². The molecule has 0 saturated carbocycles. The van der Waals surface area contributed by atoms with Crippen molar-refractivity contribution in [2.45, 2.75) is 38.2 Å². The van der Waals surface area contributed by atoms with Crippen molar-refractivity contribution in [1.29, 1.82) is 0 Å². The minimum absolute atomic E-state index is 0.0314.